The highest BCUT2D eigenvalue weighted by Gasteiger charge is 2.35. The highest BCUT2D eigenvalue weighted by Crippen LogP contribution is 2.29. The standard InChI is InChI=1S/C14H14O3/c1-17-14(16)12-8-7-11(13(12)15)9-10-5-3-2-4-6-10/h2-6,9,12H,7-8H2,1H3/b11-9-. The third-order valence-electron chi connectivity index (χ3n) is 2.96. The van der Waals surface area contributed by atoms with Crippen molar-refractivity contribution in [1.29, 1.82) is 0 Å². The first-order valence-electron chi connectivity index (χ1n) is 5.60. The van der Waals surface area contributed by atoms with Crippen LogP contribution in [0.2, 0.25) is 0 Å². The average Bonchev–Trinajstić information content (AvgIpc) is 2.72. The molecule has 0 amide bonds. The van der Waals surface area contributed by atoms with Gasteiger partial charge in [-0.3, -0.25) is 9.59 Å². The fourth-order valence-corrected chi connectivity index (χ4v) is 2.04. The highest BCUT2D eigenvalue weighted by atomic mass is 16.5. The van der Waals surface area contributed by atoms with Crippen molar-refractivity contribution in [3.8, 4) is 0 Å². The van der Waals surface area contributed by atoms with Crippen molar-refractivity contribution in [2.24, 2.45) is 5.92 Å². The second-order valence-electron chi connectivity index (χ2n) is 4.06. The lowest BCUT2D eigenvalue weighted by molar-refractivity contribution is -0.147. The Hall–Kier alpha value is -1.90. The van der Waals surface area contributed by atoms with Gasteiger partial charge < -0.3 is 4.74 Å². The molecule has 3 nitrogen and oxygen atoms in total. The third-order valence-corrected chi connectivity index (χ3v) is 2.96. The van der Waals surface area contributed by atoms with Crippen molar-refractivity contribution >= 4 is 17.8 Å². The van der Waals surface area contributed by atoms with Crippen LogP contribution in [-0.2, 0) is 14.3 Å². The number of hydrogen-bond donors (Lipinski definition) is 0. The molecule has 1 fully saturated rings. The summed E-state index contributed by atoms with van der Waals surface area (Å²) in [6.07, 6.45) is 3.06. The van der Waals surface area contributed by atoms with Gasteiger partial charge in [-0.2, -0.15) is 0 Å². The Morgan fingerprint density at radius 3 is 2.71 bits per heavy atom. The summed E-state index contributed by atoms with van der Waals surface area (Å²) in [4.78, 5) is 23.3. The van der Waals surface area contributed by atoms with Crippen molar-refractivity contribution in [3.05, 3.63) is 41.5 Å². The fraction of sp³-hybridized carbons (Fsp3) is 0.286. The predicted molar refractivity (Wildman–Crippen MR) is 64.2 cm³/mol. The molecule has 0 heterocycles. The summed E-state index contributed by atoms with van der Waals surface area (Å²) in [7, 11) is 1.31. The molecule has 0 spiro atoms. The van der Waals surface area contributed by atoms with Gasteiger partial charge in [0.25, 0.3) is 0 Å². The first kappa shape index (κ1) is 11.6. The predicted octanol–water partition coefficient (Wildman–Crippen LogP) is 2.22. The minimum absolute atomic E-state index is 0.0966. The number of allylic oxidation sites excluding steroid dienone is 1. The monoisotopic (exact) mass is 230 g/mol. The zero-order valence-corrected chi connectivity index (χ0v) is 9.68. The molecule has 0 N–H and O–H groups in total. The van der Waals surface area contributed by atoms with Gasteiger partial charge in [0.05, 0.1) is 7.11 Å². The normalized spacial score (nSPS) is 21.8. The van der Waals surface area contributed by atoms with E-state index in [1.54, 1.807) is 0 Å². The van der Waals surface area contributed by atoms with Crippen molar-refractivity contribution in [1.82, 2.24) is 0 Å². The van der Waals surface area contributed by atoms with Crippen LogP contribution < -0.4 is 0 Å². The lowest BCUT2D eigenvalue weighted by Crippen LogP contribution is -2.20. The average molecular weight is 230 g/mol. The van der Waals surface area contributed by atoms with Gasteiger partial charge in [0.2, 0.25) is 0 Å². The van der Waals surface area contributed by atoms with Gasteiger partial charge in [-0.15, -0.1) is 0 Å². The Labute approximate surface area is 100 Å². The van der Waals surface area contributed by atoms with Gasteiger partial charge >= 0.3 is 5.97 Å². The minimum atomic E-state index is -0.602. The molecular weight excluding hydrogens is 216 g/mol. The molecule has 0 aromatic heterocycles. The minimum Gasteiger partial charge on any atom is -0.468 e. The Bertz CT molecular complexity index is 460. The van der Waals surface area contributed by atoms with E-state index in [-0.39, 0.29) is 5.78 Å². The first-order valence-corrected chi connectivity index (χ1v) is 5.60. The van der Waals surface area contributed by atoms with Crippen molar-refractivity contribution in [3.63, 3.8) is 0 Å². The molecule has 1 aromatic rings. The first-order chi connectivity index (χ1) is 8.22. The van der Waals surface area contributed by atoms with E-state index in [0.717, 1.165) is 5.56 Å². The Kier molecular flexibility index (Phi) is 3.38. The van der Waals surface area contributed by atoms with Gasteiger partial charge in [-0.1, -0.05) is 30.3 Å². The molecule has 1 aliphatic carbocycles. The number of carbonyl (C=O) groups excluding carboxylic acids is 2. The van der Waals surface area contributed by atoms with E-state index in [1.165, 1.54) is 7.11 Å². The summed E-state index contributed by atoms with van der Waals surface area (Å²) < 4.78 is 4.62. The molecule has 17 heavy (non-hydrogen) atoms. The second kappa shape index (κ2) is 4.95. The topological polar surface area (TPSA) is 43.4 Å². The molecule has 88 valence electrons. The van der Waals surface area contributed by atoms with Crippen LogP contribution in [0.4, 0.5) is 0 Å². The number of ether oxygens (including phenoxy) is 1. The summed E-state index contributed by atoms with van der Waals surface area (Å²) in [5.74, 6) is -1.12. The number of methoxy groups -OCH3 is 1. The molecule has 1 atom stereocenters. The van der Waals surface area contributed by atoms with Gasteiger partial charge in [-0.25, -0.2) is 0 Å². The Balaban J connectivity index is 2.18. The quantitative estimate of drug-likeness (QED) is 0.444. The highest BCUT2D eigenvalue weighted by molar-refractivity contribution is 6.12. The van der Waals surface area contributed by atoms with Gasteiger partial charge in [0, 0.05) is 0 Å². The molecule has 0 aliphatic heterocycles. The zero-order valence-electron chi connectivity index (χ0n) is 9.68. The zero-order chi connectivity index (χ0) is 12.3. The molecule has 3 heteroatoms. The Morgan fingerprint density at radius 2 is 2.06 bits per heavy atom. The summed E-state index contributed by atoms with van der Waals surface area (Å²) in [5.41, 5.74) is 1.70. The molecule has 1 saturated carbocycles. The summed E-state index contributed by atoms with van der Waals surface area (Å²) >= 11 is 0. The van der Waals surface area contributed by atoms with Crippen LogP contribution in [0.15, 0.2) is 35.9 Å². The van der Waals surface area contributed by atoms with E-state index in [2.05, 4.69) is 4.74 Å². The molecule has 1 unspecified atom stereocenters. The number of carbonyl (C=O) groups is 2. The van der Waals surface area contributed by atoms with E-state index in [4.69, 9.17) is 0 Å². The van der Waals surface area contributed by atoms with Crippen LogP contribution in [-0.4, -0.2) is 18.9 Å². The lowest BCUT2D eigenvalue weighted by atomic mass is 10.1. The SMILES string of the molecule is COC(=O)C1CC/C(=C/c2ccccc2)C1=O. The maximum atomic E-state index is 11.9. The van der Waals surface area contributed by atoms with E-state index in [1.807, 2.05) is 36.4 Å². The van der Waals surface area contributed by atoms with Crippen molar-refractivity contribution < 1.29 is 14.3 Å². The van der Waals surface area contributed by atoms with Gasteiger partial charge in [0.15, 0.2) is 5.78 Å². The number of benzene rings is 1. The molecule has 1 aromatic carbocycles. The molecule has 1 aliphatic rings. The van der Waals surface area contributed by atoms with Gasteiger partial charge in [-0.05, 0) is 30.1 Å². The maximum absolute atomic E-state index is 11.9. The van der Waals surface area contributed by atoms with Crippen LogP contribution >= 0.6 is 0 Å². The number of hydrogen-bond acceptors (Lipinski definition) is 3. The molecule has 0 saturated heterocycles. The summed E-state index contributed by atoms with van der Waals surface area (Å²) in [5, 5.41) is 0. The van der Waals surface area contributed by atoms with E-state index in [0.29, 0.717) is 18.4 Å². The lowest BCUT2D eigenvalue weighted by Gasteiger charge is -2.03. The second-order valence-corrected chi connectivity index (χ2v) is 4.06. The number of ketones is 1. The van der Waals surface area contributed by atoms with Crippen LogP contribution in [0.5, 0.6) is 0 Å². The van der Waals surface area contributed by atoms with Crippen molar-refractivity contribution in [2.75, 3.05) is 7.11 Å². The largest absolute Gasteiger partial charge is 0.468 e. The van der Waals surface area contributed by atoms with Crippen LogP contribution in [0, 0.1) is 5.92 Å². The van der Waals surface area contributed by atoms with Crippen molar-refractivity contribution in [2.45, 2.75) is 12.8 Å². The van der Waals surface area contributed by atoms with E-state index < -0.39 is 11.9 Å². The molecule has 0 bridgehead atoms. The summed E-state index contributed by atoms with van der Waals surface area (Å²) in [6.45, 7) is 0. The maximum Gasteiger partial charge on any atom is 0.316 e. The summed E-state index contributed by atoms with van der Waals surface area (Å²) in [6, 6.07) is 9.64. The molecular formula is C14H14O3. The molecule has 2 rings (SSSR count). The smallest absolute Gasteiger partial charge is 0.316 e. The Morgan fingerprint density at radius 1 is 1.35 bits per heavy atom. The van der Waals surface area contributed by atoms with E-state index in [9.17, 15) is 9.59 Å². The molecule has 0 radical (unpaired) electrons. The fourth-order valence-electron chi connectivity index (χ4n) is 2.04. The number of esters is 1. The number of rotatable bonds is 2. The third kappa shape index (κ3) is 2.44. The van der Waals surface area contributed by atoms with Gasteiger partial charge in [0.1, 0.15) is 5.92 Å². The van der Waals surface area contributed by atoms with Crippen LogP contribution in [0.1, 0.15) is 18.4 Å². The number of Topliss-reactive ketones (excluding diaryl/α,β-unsaturated/α-hetero) is 1. The van der Waals surface area contributed by atoms with Crippen LogP contribution in [0.3, 0.4) is 0 Å². The van der Waals surface area contributed by atoms with E-state index >= 15 is 0 Å². The van der Waals surface area contributed by atoms with Crippen LogP contribution in [0.25, 0.3) is 6.08 Å².